The van der Waals surface area contributed by atoms with Crippen LogP contribution in [-0.4, -0.2) is 41.8 Å². The Bertz CT molecular complexity index is 1080. The average molecular weight is 536 g/mol. The van der Waals surface area contributed by atoms with Crippen LogP contribution in [0.5, 0.6) is 0 Å². The molecule has 0 aromatic heterocycles. The van der Waals surface area contributed by atoms with E-state index in [-0.39, 0.29) is 6.04 Å². The highest BCUT2D eigenvalue weighted by Crippen LogP contribution is 2.34. The van der Waals surface area contributed by atoms with Gasteiger partial charge in [-0.3, -0.25) is 4.79 Å². The van der Waals surface area contributed by atoms with Crippen LogP contribution in [0.4, 0.5) is 0 Å². The summed E-state index contributed by atoms with van der Waals surface area (Å²) in [4.78, 5) is 18.6. The molecule has 0 fully saturated rings. The molecule has 1 heterocycles. The minimum absolute atomic E-state index is 0.0106. The number of primary amides is 1. The third-order valence-electron chi connectivity index (χ3n) is 5.46. The monoisotopic (exact) mass is 535 g/mol. The van der Waals surface area contributed by atoms with Gasteiger partial charge in [0, 0.05) is 30.3 Å². The second-order valence-electron chi connectivity index (χ2n) is 7.66. The van der Waals surface area contributed by atoms with Crippen molar-refractivity contribution in [1.82, 2.24) is 4.90 Å². The van der Waals surface area contributed by atoms with E-state index in [2.05, 4.69) is 37.8 Å². The van der Waals surface area contributed by atoms with Crippen molar-refractivity contribution in [3.8, 4) is 0 Å². The molecule has 1 aliphatic heterocycles. The Kier molecular flexibility index (Phi) is 17.8. The number of carbonyl (C=O) groups excluding carboxylic acids is 1. The lowest BCUT2D eigenvalue weighted by Gasteiger charge is -2.22. The first-order chi connectivity index (χ1) is 18.3. The predicted molar refractivity (Wildman–Crippen MR) is 169 cm³/mol. The minimum atomic E-state index is -0.447. The van der Waals surface area contributed by atoms with Crippen molar-refractivity contribution in [2.75, 3.05) is 19.9 Å². The molecule has 38 heavy (non-hydrogen) atoms. The van der Waals surface area contributed by atoms with Crippen molar-refractivity contribution < 1.29 is 9.53 Å². The molecule has 206 valence electrons. The van der Waals surface area contributed by atoms with Gasteiger partial charge in [-0.1, -0.05) is 82.5 Å². The summed E-state index contributed by atoms with van der Waals surface area (Å²) in [7, 11) is 1.69. The maximum absolute atomic E-state index is 11.6. The number of nitrogens with two attached hydrogens (primary N) is 1. The summed E-state index contributed by atoms with van der Waals surface area (Å²) in [6, 6.07) is -0.0106. The summed E-state index contributed by atoms with van der Waals surface area (Å²) >= 11 is 1.56. The number of allylic oxidation sites excluding steroid dienone is 8. The molecule has 0 aromatic rings. The van der Waals surface area contributed by atoms with Crippen LogP contribution in [0.2, 0.25) is 0 Å². The minimum Gasteiger partial charge on any atom is -0.501 e. The molecule has 2 rings (SSSR count). The van der Waals surface area contributed by atoms with Gasteiger partial charge in [-0.2, -0.15) is 0 Å². The number of aliphatic imine (C=N–C) groups is 1. The van der Waals surface area contributed by atoms with E-state index in [1.165, 1.54) is 0 Å². The molecule has 0 bridgehead atoms. The molecule has 0 radical (unpaired) electrons. The number of thioether (sulfide) groups is 1. The van der Waals surface area contributed by atoms with E-state index in [1.54, 1.807) is 37.1 Å². The Morgan fingerprint density at radius 3 is 2.37 bits per heavy atom. The number of carbonyl (C=O) groups is 1. The van der Waals surface area contributed by atoms with E-state index in [1.807, 2.05) is 76.5 Å². The fraction of sp³-hybridized carbons (Fsp3) is 0.312. The van der Waals surface area contributed by atoms with E-state index < -0.39 is 5.91 Å². The van der Waals surface area contributed by atoms with Crippen LogP contribution in [0.1, 0.15) is 41.0 Å². The highest BCUT2D eigenvalue weighted by atomic mass is 32.2. The molecule has 0 saturated heterocycles. The van der Waals surface area contributed by atoms with Crippen LogP contribution >= 0.6 is 11.8 Å². The van der Waals surface area contributed by atoms with Gasteiger partial charge < -0.3 is 15.4 Å². The van der Waals surface area contributed by atoms with Crippen LogP contribution in [0.25, 0.3) is 0 Å². The Balaban J connectivity index is 0.00000132. The van der Waals surface area contributed by atoms with Crippen LogP contribution in [0, 0.1) is 0 Å². The summed E-state index contributed by atoms with van der Waals surface area (Å²) in [5.74, 6) is 0.609. The SMILES string of the molecule is C/C=C(\CC)OC.C=C/C=C\C(=C/C)C(=C)N=C(SC)C1=CN(CC=C)C2C=CC(C(N)=O)=CC=C12.CC. The van der Waals surface area contributed by atoms with E-state index in [0.29, 0.717) is 17.8 Å². The molecule has 0 spiro atoms. The van der Waals surface area contributed by atoms with Crippen molar-refractivity contribution in [2.45, 2.75) is 47.1 Å². The Morgan fingerprint density at radius 1 is 1.24 bits per heavy atom. The van der Waals surface area contributed by atoms with E-state index in [0.717, 1.165) is 33.9 Å². The van der Waals surface area contributed by atoms with E-state index in [9.17, 15) is 4.79 Å². The topological polar surface area (TPSA) is 67.9 Å². The van der Waals surface area contributed by atoms with Gasteiger partial charge in [0.2, 0.25) is 5.91 Å². The number of fused-ring (bicyclic) bond motifs is 1. The molecule has 2 aliphatic rings. The van der Waals surface area contributed by atoms with Crippen molar-refractivity contribution in [3.05, 3.63) is 120 Å². The zero-order valence-corrected chi connectivity index (χ0v) is 25.0. The first-order valence-electron chi connectivity index (χ1n) is 12.8. The quantitative estimate of drug-likeness (QED) is 0.103. The van der Waals surface area contributed by atoms with Gasteiger partial charge in [-0.25, -0.2) is 4.99 Å². The second-order valence-corrected chi connectivity index (χ2v) is 8.45. The maximum atomic E-state index is 11.6. The normalized spacial score (nSPS) is 17.0. The third-order valence-corrected chi connectivity index (χ3v) is 6.15. The number of hydrogen-bond donors (Lipinski definition) is 1. The molecule has 1 aliphatic carbocycles. The molecule has 2 N–H and O–H groups in total. The fourth-order valence-electron chi connectivity index (χ4n) is 3.55. The molecular weight excluding hydrogens is 490 g/mol. The van der Waals surface area contributed by atoms with Gasteiger partial charge in [-0.15, -0.1) is 18.3 Å². The lowest BCUT2D eigenvalue weighted by Crippen LogP contribution is -2.26. The fourth-order valence-corrected chi connectivity index (χ4v) is 4.14. The first-order valence-corrected chi connectivity index (χ1v) is 14.0. The number of hydrogen-bond acceptors (Lipinski definition) is 5. The standard InChI is InChI=1S/C24H27N3OS.C6H12O.C2H6/c1-6-9-10-18(8-3)17(4)26-24(29-5)21-16-27(15-7-2)22-14-12-19(23(25)28)11-13-20(21)22;1-4-6(5-2)7-3;1-2/h6-14,16,22H,1-2,4,15H2,3,5H3,(H2,25,28);4H,5H2,1-3H3;1-2H3/b10-9-,18-8+,26-24?;6-4+;. The number of rotatable bonds is 10. The van der Waals surface area contributed by atoms with Crippen molar-refractivity contribution in [1.29, 1.82) is 0 Å². The van der Waals surface area contributed by atoms with Gasteiger partial charge in [0.25, 0.3) is 0 Å². The van der Waals surface area contributed by atoms with Gasteiger partial charge >= 0.3 is 0 Å². The maximum Gasteiger partial charge on any atom is 0.248 e. The summed E-state index contributed by atoms with van der Waals surface area (Å²) in [6.45, 7) is 22.4. The Labute approximate surface area is 235 Å². The molecule has 1 amide bonds. The largest absolute Gasteiger partial charge is 0.501 e. The van der Waals surface area contributed by atoms with Crippen LogP contribution in [-0.2, 0) is 9.53 Å². The highest BCUT2D eigenvalue weighted by molar-refractivity contribution is 8.13. The molecule has 6 heteroatoms. The van der Waals surface area contributed by atoms with Crippen molar-refractivity contribution >= 4 is 22.7 Å². The zero-order valence-electron chi connectivity index (χ0n) is 24.2. The molecule has 0 saturated carbocycles. The van der Waals surface area contributed by atoms with Crippen LogP contribution in [0.15, 0.2) is 125 Å². The number of methoxy groups -OCH3 is 1. The predicted octanol–water partition coefficient (Wildman–Crippen LogP) is 7.58. The van der Waals surface area contributed by atoms with Gasteiger partial charge in [0.1, 0.15) is 5.04 Å². The smallest absolute Gasteiger partial charge is 0.248 e. The van der Waals surface area contributed by atoms with Crippen LogP contribution in [0.3, 0.4) is 0 Å². The van der Waals surface area contributed by atoms with E-state index in [4.69, 9.17) is 15.5 Å². The lowest BCUT2D eigenvalue weighted by atomic mass is 10.0. The van der Waals surface area contributed by atoms with Gasteiger partial charge in [-0.05, 0) is 43.4 Å². The van der Waals surface area contributed by atoms with Crippen LogP contribution < -0.4 is 5.73 Å². The lowest BCUT2D eigenvalue weighted by molar-refractivity contribution is -0.114. The van der Waals surface area contributed by atoms with Gasteiger partial charge in [0.15, 0.2) is 0 Å². The number of ether oxygens (including phenoxy) is 1. The molecule has 0 aromatic carbocycles. The van der Waals surface area contributed by atoms with Gasteiger partial charge in [0.05, 0.1) is 24.6 Å². The second kappa shape index (κ2) is 19.6. The zero-order chi connectivity index (χ0) is 29.1. The number of nitrogens with zero attached hydrogens (tertiary/aromatic N) is 2. The molecule has 1 atom stereocenters. The number of amides is 1. The first kappa shape index (κ1) is 34.5. The average Bonchev–Trinajstić information content (AvgIpc) is 3.11. The third kappa shape index (κ3) is 10.5. The summed E-state index contributed by atoms with van der Waals surface area (Å²) in [5.41, 5.74) is 9.60. The van der Waals surface area contributed by atoms with Crippen molar-refractivity contribution in [3.63, 3.8) is 0 Å². The molecular formula is C32H45N3O2S. The summed E-state index contributed by atoms with van der Waals surface area (Å²) in [5, 5.41) is 0.855. The summed E-state index contributed by atoms with van der Waals surface area (Å²) < 4.78 is 4.91. The Hall–Kier alpha value is -3.51. The highest BCUT2D eigenvalue weighted by Gasteiger charge is 2.30. The van der Waals surface area contributed by atoms with E-state index >= 15 is 0 Å². The molecule has 1 unspecified atom stereocenters. The summed E-state index contributed by atoms with van der Waals surface area (Å²) in [6.07, 6.45) is 23.8. The Morgan fingerprint density at radius 2 is 1.92 bits per heavy atom. The molecule has 5 nitrogen and oxygen atoms in total. The van der Waals surface area contributed by atoms with Crippen molar-refractivity contribution in [2.24, 2.45) is 10.7 Å².